The predicted molar refractivity (Wildman–Crippen MR) is 108 cm³/mol. The average molecular weight is 560 g/mol. The summed E-state index contributed by atoms with van der Waals surface area (Å²) in [5.41, 5.74) is 0.703. The zero-order valence-corrected chi connectivity index (χ0v) is 17.3. The average Bonchev–Trinajstić information content (AvgIpc) is 3.17. The Bertz CT molecular complexity index is 857. The summed E-state index contributed by atoms with van der Waals surface area (Å²) in [5, 5.41) is 15.4. The van der Waals surface area contributed by atoms with Gasteiger partial charge in [0.15, 0.2) is 0 Å². The number of fused-ring (bicyclic) bond motifs is 3. The van der Waals surface area contributed by atoms with Crippen LogP contribution < -0.4 is 0 Å². The highest BCUT2D eigenvalue weighted by molar-refractivity contribution is 14.1. The Morgan fingerprint density at radius 2 is 1.72 bits per heavy atom. The molecule has 1 aliphatic heterocycles. The molecule has 5 rings (SSSR count). The molecule has 1 saturated heterocycles. The van der Waals surface area contributed by atoms with Crippen molar-refractivity contribution >= 4 is 63.2 Å². The number of benzene rings is 1. The van der Waals surface area contributed by atoms with E-state index < -0.39 is 0 Å². The number of halogens is 2. The highest BCUT2D eigenvalue weighted by Gasteiger charge is 2.73. The van der Waals surface area contributed by atoms with E-state index in [-0.39, 0.29) is 46.7 Å². The molecular weight excluding hydrogens is 546 g/mol. The molecule has 0 radical (unpaired) electrons. The van der Waals surface area contributed by atoms with Crippen molar-refractivity contribution in [1.82, 2.24) is 5.01 Å². The quantitative estimate of drug-likeness (QED) is 0.262. The van der Waals surface area contributed by atoms with E-state index >= 15 is 0 Å². The molecule has 3 fully saturated rings. The van der Waals surface area contributed by atoms with Crippen LogP contribution in [0.15, 0.2) is 29.4 Å². The summed E-state index contributed by atoms with van der Waals surface area (Å²) in [4.78, 5) is 25.7. The summed E-state index contributed by atoms with van der Waals surface area (Å²) in [6.45, 7) is 0. The zero-order chi connectivity index (χ0) is 17.5. The number of carbonyl (C=O) groups is 2. The summed E-state index contributed by atoms with van der Waals surface area (Å²) >= 11 is 4.20. The maximum atomic E-state index is 12.8. The van der Waals surface area contributed by atoms with Crippen LogP contribution in [0.5, 0.6) is 5.75 Å². The third-order valence-corrected chi connectivity index (χ3v) is 7.64. The second-order valence-corrected chi connectivity index (χ2v) is 9.69. The van der Waals surface area contributed by atoms with Crippen LogP contribution in [0.1, 0.15) is 18.4 Å². The summed E-state index contributed by atoms with van der Waals surface area (Å²) in [6, 6.07) is 3.63. The minimum absolute atomic E-state index is 0.114. The fraction of sp³-hybridized carbons (Fsp3) is 0.389. The van der Waals surface area contributed by atoms with Gasteiger partial charge in [0, 0.05) is 9.13 Å². The fourth-order valence-electron chi connectivity index (χ4n) is 4.98. The van der Waals surface area contributed by atoms with Crippen LogP contribution in [-0.2, 0) is 9.59 Å². The number of hydrogen-bond acceptors (Lipinski definition) is 4. The van der Waals surface area contributed by atoms with Gasteiger partial charge < -0.3 is 5.11 Å². The number of hydrogen-bond donors (Lipinski definition) is 1. The zero-order valence-electron chi connectivity index (χ0n) is 13.0. The molecule has 4 atom stereocenters. The van der Waals surface area contributed by atoms with Gasteiger partial charge in [0.05, 0.1) is 21.6 Å². The Balaban J connectivity index is 1.46. The second-order valence-electron chi connectivity index (χ2n) is 7.28. The van der Waals surface area contributed by atoms with E-state index in [9.17, 15) is 14.7 Å². The maximum Gasteiger partial charge on any atom is 0.254 e. The van der Waals surface area contributed by atoms with Crippen LogP contribution >= 0.6 is 45.2 Å². The van der Waals surface area contributed by atoms with Crippen molar-refractivity contribution in [1.29, 1.82) is 0 Å². The monoisotopic (exact) mass is 560 g/mol. The molecule has 4 aliphatic rings. The van der Waals surface area contributed by atoms with Crippen LogP contribution in [0.4, 0.5) is 0 Å². The third-order valence-electron chi connectivity index (χ3n) is 6.20. The van der Waals surface area contributed by atoms with Gasteiger partial charge in [-0.15, -0.1) is 0 Å². The van der Waals surface area contributed by atoms with Crippen molar-refractivity contribution in [3.8, 4) is 5.75 Å². The number of hydrazone groups is 1. The Hall–Kier alpha value is -0.970. The molecule has 1 aromatic rings. The van der Waals surface area contributed by atoms with E-state index in [0.29, 0.717) is 9.13 Å². The van der Waals surface area contributed by atoms with Crippen molar-refractivity contribution < 1.29 is 14.7 Å². The van der Waals surface area contributed by atoms with Crippen molar-refractivity contribution in [2.24, 2.45) is 34.2 Å². The summed E-state index contributed by atoms with van der Waals surface area (Å²) in [5.74, 6) is -0.345. The second kappa shape index (κ2) is 5.28. The smallest absolute Gasteiger partial charge is 0.254 e. The van der Waals surface area contributed by atoms with Gasteiger partial charge in [-0.1, -0.05) is 12.2 Å². The van der Waals surface area contributed by atoms with Crippen LogP contribution in [-0.4, -0.2) is 28.1 Å². The minimum Gasteiger partial charge on any atom is -0.506 e. The first-order chi connectivity index (χ1) is 11.9. The molecule has 2 amide bonds. The predicted octanol–water partition coefficient (Wildman–Crippen LogP) is 3.13. The lowest BCUT2D eigenvalue weighted by atomic mass is 9.85. The maximum absolute atomic E-state index is 12.8. The number of amides is 2. The number of aromatic hydroxyl groups is 1. The Morgan fingerprint density at radius 1 is 1.12 bits per heavy atom. The molecule has 1 N–H and O–H groups in total. The van der Waals surface area contributed by atoms with Crippen molar-refractivity contribution in [2.45, 2.75) is 12.8 Å². The Kier molecular flexibility index (Phi) is 3.42. The molecule has 1 spiro atoms. The Morgan fingerprint density at radius 3 is 2.28 bits per heavy atom. The minimum atomic E-state index is -0.244. The largest absolute Gasteiger partial charge is 0.506 e. The SMILES string of the molecule is O=C1[C@@H]2[C@H](C(=O)N1/N=C\c1cc(I)cc(I)c1O)[C@H]1C=C[C@H]2C12CC2. The van der Waals surface area contributed by atoms with Gasteiger partial charge in [-0.2, -0.15) is 10.1 Å². The molecule has 25 heavy (non-hydrogen) atoms. The van der Waals surface area contributed by atoms with Crippen molar-refractivity contribution in [3.05, 3.63) is 37.0 Å². The number of allylic oxidation sites excluding steroid dienone is 2. The molecule has 1 heterocycles. The standard InChI is InChI=1S/C18H14I2N2O3/c19-9-5-8(15(23)12(20)6-9)7-21-22-16(24)13-10-1-2-11(14(13)17(22)25)18(10)3-4-18/h1-2,5-7,10-11,13-14,23H,3-4H2/b21-7-/t10-,11-,13-,14+/m1/s1. The number of carbonyl (C=O) groups excluding carboxylic acids is 2. The third kappa shape index (κ3) is 2.08. The first kappa shape index (κ1) is 16.2. The Labute approximate surface area is 171 Å². The van der Waals surface area contributed by atoms with E-state index in [1.54, 1.807) is 6.07 Å². The topological polar surface area (TPSA) is 70.0 Å². The van der Waals surface area contributed by atoms with Crippen LogP contribution in [0.2, 0.25) is 0 Å². The van der Waals surface area contributed by atoms with Gasteiger partial charge in [-0.3, -0.25) is 9.59 Å². The van der Waals surface area contributed by atoms with Gasteiger partial charge in [0.25, 0.3) is 11.8 Å². The van der Waals surface area contributed by atoms with E-state index in [2.05, 4.69) is 39.8 Å². The highest BCUT2D eigenvalue weighted by Crippen LogP contribution is 2.73. The van der Waals surface area contributed by atoms with E-state index in [1.165, 1.54) is 6.21 Å². The number of nitrogens with zero attached hydrogens (tertiary/aromatic N) is 2. The molecule has 0 unspecified atom stereocenters. The molecular formula is C18H14I2N2O3. The summed E-state index contributed by atoms with van der Waals surface area (Å²) in [7, 11) is 0. The first-order valence-electron chi connectivity index (χ1n) is 8.22. The van der Waals surface area contributed by atoms with Gasteiger partial charge in [0.1, 0.15) is 5.75 Å². The van der Waals surface area contributed by atoms with E-state index in [1.807, 2.05) is 28.7 Å². The van der Waals surface area contributed by atoms with Crippen LogP contribution in [0.25, 0.3) is 0 Å². The number of rotatable bonds is 2. The number of imide groups is 1. The summed E-state index contributed by atoms with van der Waals surface area (Å²) < 4.78 is 1.66. The van der Waals surface area contributed by atoms with Gasteiger partial charge in [-0.05, 0) is 87.4 Å². The molecule has 2 saturated carbocycles. The first-order valence-corrected chi connectivity index (χ1v) is 10.4. The summed E-state index contributed by atoms with van der Waals surface area (Å²) in [6.07, 6.45) is 7.95. The van der Waals surface area contributed by atoms with E-state index in [4.69, 9.17) is 0 Å². The normalized spacial score (nSPS) is 33.9. The lowest BCUT2D eigenvalue weighted by Gasteiger charge is -2.18. The van der Waals surface area contributed by atoms with Crippen molar-refractivity contribution in [2.75, 3.05) is 0 Å². The highest BCUT2D eigenvalue weighted by atomic mass is 127. The van der Waals surface area contributed by atoms with Crippen molar-refractivity contribution in [3.63, 3.8) is 0 Å². The lowest BCUT2D eigenvalue weighted by Crippen LogP contribution is -2.30. The lowest BCUT2D eigenvalue weighted by molar-refractivity contribution is -0.141. The van der Waals surface area contributed by atoms with Gasteiger partial charge in [-0.25, -0.2) is 0 Å². The molecule has 2 bridgehead atoms. The van der Waals surface area contributed by atoms with Crippen LogP contribution in [0.3, 0.4) is 0 Å². The molecule has 128 valence electrons. The molecule has 7 heteroatoms. The van der Waals surface area contributed by atoms with Gasteiger partial charge >= 0.3 is 0 Å². The number of phenols is 1. The van der Waals surface area contributed by atoms with Crippen LogP contribution in [0, 0.1) is 36.2 Å². The molecule has 1 aromatic carbocycles. The number of phenolic OH excluding ortho intramolecular Hbond substituents is 1. The van der Waals surface area contributed by atoms with E-state index in [0.717, 1.165) is 21.4 Å². The molecule has 0 aromatic heterocycles. The van der Waals surface area contributed by atoms with Gasteiger partial charge in [0.2, 0.25) is 0 Å². The fourth-order valence-corrected chi connectivity index (χ4v) is 6.87. The molecule has 5 nitrogen and oxygen atoms in total. The molecule has 3 aliphatic carbocycles.